The van der Waals surface area contributed by atoms with E-state index in [1.54, 1.807) is 23.0 Å². The normalized spacial score (nSPS) is 11.3. The van der Waals surface area contributed by atoms with E-state index in [-0.39, 0.29) is 5.91 Å². The van der Waals surface area contributed by atoms with E-state index >= 15 is 0 Å². The third-order valence-corrected chi connectivity index (χ3v) is 5.52. The Labute approximate surface area is 192 Å². The van der Waals surface area contributed by atoms with Crippen LogP contribution in [0.5, 0.6) is 0 Å². The van der Waals surface area contributed by atoms with Crippen molar-refractivity contribution < 1.29 is 4.79 Å². The number of hydrogen-bond donors (Lipinski definition) is 1. The van der Waals surface area contributed by atoms with Gasteiger partial charge in [0.15, 0.2) is 0 Å². The molecule has 4 aromatic rings. The number of aromatic nitrogens is 3. The minimum absolute atomic E-state index is 0.211. The number of benzene rings is 3. The minimum Gasteiger partial charge on any atom is -0.322 e. The SMILES string of the molecule is CCCCc1ccc(-n2nc3cc(C)c(NC(=O)C=Cc4ccc(Cl)cc4)cc3n2)cc1. The first-order chi connectivity index (χ1) is 15.5. The first-order valence-electron chi connectivity index (χ1n) is 10.7. The average Bonchev–Trinajstić information content (AvgIpc) is 3.20. The molecule has 0 fully saturated rings. The van der Waals surface area contributed by atoms with Crippen LogP contribution in [0.25, 0.3) is 22.8 Å². The van der Waals surface area contributed by atoms with Crippen molar-refractivity contribution in [3.05, 3.63) is 88.5 Å². The highest BCUT2D eigenvalue weighted by molar-refractivity contribution is 6.30. The van der Waals surface area contributed by atoms with Crippen molar-refractivity contribution in [1.29, 1.82) is 0 Å². The first-order valence-corrected chi connectivity index (χ1v) is 11.1. The van der Waals surface area contributed by atoms with Crippen molar-refractivity contribution in [2.45, 2.75) is 33.1 Å². The van der Waals surface area contributed by atoms with E-state index < -0.39 is 0 Å². The molecule has 0 spiro atoms. The molecule has 1 aromatic heterocycles. The van der Waals surface area contributed by atoms with Crippen LogP contribution in [0.1, 0.15) is 36.5 Å². The van der Waals surface area contributed by atoms with Crippen molar-refractivity contribution >= 4 is 40.3 Å². The standard InChI is InChI=1S/C26H25ClN4O/c1-3-4-5-19-8-13-22(14-9-19)31-29-24-16-18(2)23(17-25(24)30-31)28-26(32)15-10-20-6-11-21(27)12-7-20/h6-17H,3-5H2,1-2H3,(H,28,32). The van der Waals surface area contributed by atoms with Crippen LogP contribution in [0.3, 0.4) is 0 Å². The van der Waals surface area contributed by atoms with Crippen LogP contribution in [0.15, 0.2) is 66.7 Å². The number of anilines is 1. The Morgan fingerprint density at radius 1 is 1.03 bits per heavy atom. The molecule has 0 saturated carbocycles. The van der Waals surface area contributed by atoms with Crippen LogP contribution in [-0.4, -0.2) is 20.9 Å². The first kappa shape index (κ1) is 21.8. The summed E-state index contributed by atoms with van der Waals surface area (Å²) in [5, 5.41) is 12.8. The van der Waals surface area contributed by atoms with Gasteiger partial charge < -0.3 is 5.32 Å². The molecule has 0 aliphatic carbocycles. The number of nitrogens with zero attached hydrogens (tertiary/aromatic N) is 3. The fourth-order valence-corrected chi connectivity index (χ4v) is 3.54. The van der Waals surface area contributed by atoms with Gasteiger partial charge in [-0.2, -0.15) is 4.80 Å². The number of hydrogen-bond acceptors (Lipinski definition) is 3. The summed E-state index contributed by atoms with van der Waals surface area (Å²) in [6, 6.07) is 19.4. The molecule has 5 nitrogen and oxygen atoms in total. The van der Waals surface area contributed by atoms with Gasteiger partial charge >= 0.3 is 0 Å². The zero-order valence-electron chi connectivity index (χ0n) is 18.2. The number of rotatable bonds is 7. The Hall–Kier alpha value is -3.44. The van der Waals surface area contributed by atoms with Gasteiger partial charge in [0.25, 0.3) is 0 Å². The zero-order chi connectivity index (χ0) is 22.5. The Balaban J connectivity index is 1.50. The molecule has 162 valence electrons. The number of aryl methyl sites for hydroxylation is 2. The van der Waals surface area contributed by atoms with E-state index in [0.717, 1.165) is 34.3 Å². The van der Waals surface area contributed by atoms with Crippen LogP contribution in [0, 0.1) is 6.92 Å². The minimum atomic E-state index is -0.211. The highest BCUT2D eigenvalue weighted by Gasteiger charge is 2.10. The van der Waals surface area contributed by atoms with Gasteiger partial charge in [0.2, 0.25) is 5.91 Å². The molecular weight excluding hydrogens is 420 g/mol. The second-order valence-electron chi connectivity index (χ2n) is 7.79. The Bertz CT molecular complexity index is 1260. The predicted molar refractivity (Wildman–Crippen MR) is 131 cm³/mol. The van der Waals surface area contributed by atoms with Gasteiger partial charge in [-0.1, -0.05) is 49.2 Å². The number of fused-ring (bicyclic) bond motifs is 1. The molecule has 0 saturated heterocycles. The third-order valence-electron chi connectivity index (χ3n) is 5.27. The van der Waals surface area contributed by atoms with Gasteiger partial charge in [-0.3, -0.25) is 4.79 Å². The van der Waals surface area contributed by atoms with Gasteiger partial charge in [0.1, 0.15) is 11.0 Å². The lowest BCUT2D eigenvalue weighted by Crippen LogP contribution is -2.08. The fourth-order valence-electron chi connectivity index (χ4n) is 3.42. The summed E-state index contributed by atoms with van der Waals surface area (Å²) in [6.45, 7) is 4.14. The van der Waals surface area contributed by atoms with Crippen molar-refractivity contribution in [3.8, 4) is 5.69 Å². The summed E-state index contributed by atoms with van der Waals surface area (Å²) in [7, 11) is 0. The lowest BCUT2D eigenvalue weighted by molar-refractivity contribution is -0.111. The fraction of sp³-hybridized carbons (Fsp3) is 0.192. The Kier molecular flexibility index (Phi) is 6.66. The number of amides is 1. The van der Waals surface area contributed by atoms with E-state index in [1.165, 1.54) is 24.5 Å². The van der Waals surface area contributed by atoms with Crippen molar-refractivity contribution in [2.75, 3.05) is 5.32 Å². The predicted octanol–water partition coefficient (Wildman–Crippen LogP) is 6.38. The van der Waals surface area contributed by atoms with Gasteiger partial charge in [-0.25, -0.2) is 0 Å². The molecule has 3 aromatic carbocycles. The molecule has 1 N–H and O–H groups in total. The summed E-state index contributed by atoms with van der Waals surface area (Å²) in [5.41, 5.74) is 6.28. The highest BCUT2D eigenvalue weighted by Crippen LogP contribution is 2.22. The molecule has 0 bridgehead atoms. The van der Waals surface area contributed by atoms with E-state index in [0.29, 0.717) is 10.7 Å². The topological polar surface area (TPSA) is 59.8 Å². The molecule has 1 heterocycles. The van der Waals surface area contributed by atoms with Crippen LogP contribution in [0.2, 0.25) is 5.02 Å². The molecule has 0 unspecified atom stereocenters. The maximum absolute atomic E-state index is 12.4. The third kappa shape index (κ3) is 5.24. The van der Waals surface area contributed by atoms with Crippen molar-refractivity contribution in [2.24, 2.45) is 0 Å². The van der Waals surface area contributed by atoms with E-state index in [1.807, 2.05) is 43.3 Å². The van der Waals surface area contributed by atoms with E-state index in [2.05, 4.69) is 34.6 Å². The molecule has 6 heteroatoms. The number of unbranched alkanes of at least 4 members (excludes halogenated alkanes) is 1. The second-order valence-corrected chi connectivity index (χ2v) is 8.23. The Morgan fingerprint density at radius 3 is 2.41 bits per heavy atom. The smallest absolute Gasteiger partial charge is 0.248 e. The highest BCUT2D eigenvalue weighted by atomic mass is 35.5. The summed E-state index contributed by atoms with van der Waals surface area (Å²) in [5.74, 6) is -0.211. The zero-order valence-corrected chi connectivity index (χ0v) is 18.9. The van der Waals surface area contributed by atoms with Crippen LogP contribution in [0.4, 0.5) is 5.69 Å². The monoisotopic (exact) mass is 444 g/mol. The molecule has 0 radical (unpaired) electrons. The number of carbonyl (C=O) groups is 1. The van der Waals surface area contributed by atoms with Crippen molar-refractivity contribution in [1.82, 2.24) is 15.0 Å². The lowest BCUT2D eigenvalue weighted by Gasteiger charge is -2.05. The maximum atomic E-state index is 12.4. The van der Waals surface area contributed by atoms with Gasteiger partial charge in [0.05, 0.1) is 5.69 Å². The average molecular weight is 445 g/mol. The number of halogens is 1. The van der Waals surface area contributed by atoms with Gasteiger partial charge in [-0.15, -0.1) is 10.2 Å². The summed E-state index contributed by atoms with van der Waals surface area (Å²) >= 11 is 5.90. The summed E-state index contributed by atoms with van der Waals surface area (Å²) in [4.78, 5) is 14.0. The largest absolute Gasteiger partial charge is 0.322 e. The van der Waals surface area contributed by atoms with Crippen LogP contribution in [-0.2, 0) is 11.2 Å². The molecule has 0 aliphatic heterocycles. The molecular formula is C26H25ClN4O. The molecule has 4 rings (SSSR count). The van der Waals surface area contributed by atoms with Crippen LogP contribution < -0.4 is 5.32 Å². The summed E-state index contributed by atoms with van der Waals surface area (Å²) in [6.07, 6.45) is 6.71. The van der Waals surface area contributed by atoms with Gasteiger partial charge in [0, 0.05) is 16.8 Å². The quantitative estimate of drug-likeness (QED) is 0.336. The molecule has 0 aliphatic rings. The second kappa shape index (κ2) is 9.79. The Morgan fingerprint density at radius 2 is 1.72 bits per heavy atom. The molecule has 32 heavy (non-hydrogen) atoms. The summed E-state index contributed by atoms with van der Waals surface area (Å²) < 4.78 is 0. The van der Waals surface area contributed by atoms with Crippen molar-refractivity contribution in [3.63, 3.8) is 0 Å². The van der Waals surface area contributed by atoms with Gasteiger partial charge in [-0.05, 0) is 78.9 Å². The molecule has 0 atom stereocenters. The lowest BCUT2D eigenvalue weighted by atomic mass is 10.1. The number of carbonyl (C=O) groups excluding carboxylic acids is 1. The number of nitrogens with one attached hydrogen (secondary N) is 1. The maximum Gasteiger partial charge on any atom is 0.248 e. The van der Waals surface area contributed by atoms with Crippen LogP contribution >= 0.6 is 11.6 Å². The van der Waals surface area contributed by atoms with E-state index in [4.69, 9.17) is 11.6 Å². The molecule has 1 amide bonds. The van der Waals surface area contributed by atoms with E-state index in [9.17, 15) is 4.79 Å².